The summed E-state index contributed by atoms with van der Waals surface area (Å²) in [6, 6.07) is 7.27. The molecule has 1 saturated heterocycles. The molecule has 4 amide bonds. The Bertz CT molecular complexity index is 587. The molecule has 1 aliphatic rings. The van der Waals surface area contributed by atoms with Crippen LogP contribution in [0.25, 0.3) is 0 Å². The van der Waals surface area contributed by atoms with E-state index >= 15 is 0 Å². The summed E-state index contributed by atoms with van der Waals surface area (Å²) in [4.78, 5) is 48.0. The number of benzene rings is 1. The van der Waals surface area contributed by atoms with Gasteiger partial charge in [0.25, 0.3) is 0 Å². The lowest BCUT2D eigenvalue weighted by molar-refractivity contribution is -0.145. The van der Waals surface area contributed by atoms with Crippen LogP contribution in [-0.2, 0) is 14.4 Å². The van der Waals surface area contributed by atoms with Crippen LogP contribution in [0.3, 0.4) is 0 Å². The number of para-hydroxylation sites is 1. The van der Waals surface area contributed by atoms with Crippen LogP contribution in [0.2, 0.25) is 0 Å². The SMILES string of the molecule is O=C(O)CN(C(=O)N1CCNC(=O)C1=O)c1ccccc1. The van der Waals surface area contributed by atoms with Gasteiger partial charge in [-0.1, -0.05) is 18.2 Å². The lowest BCUT2D eigenvalue weighted by Crippen LogP contribution is -2.58. The first-order valence-electron chi connectivity index (χ1n) is 6.18. The average molecular weight is 291 g/mol. The summed E-state index contributed by atoms with van der Waals surface area (Å²) in [6.45, 7) is -0.452. The first-order chi connectivity index (χ1) is 10.0. The lowest BCUT2D eigenvalue weighted by Gasteiger charge is -2.30. The molecule has 1 aliphatic heterocycles. The van der Waals surface area contributed by atoms with Crippen molar-refractivity contribution >= 4 is 29.5 Å². The van der Waals surface area contributed by atoms with Crippen LogP contribution < -0.4 is 10.2 Å². The fourth-order valence-electron chi connectivity index (χ4n) is 1.92. The summed E-state index contributed by atoms with van der Waals surface area (Å²) in [5.74, 6) is -3.09. The number of carboxylic acids is 1. The van der Waals surface area contributed by atoms with Crippen LogP contribution in [-0.4, -0.2) is 53.5 Å². The van der Waals surface area contributed by atoms with Gasteiger partial charge in [-0.25, -0.2) is 4.79 Å². The van der Waals surface area contributed by atoms with E-state index in [0.29, 0.717) is 5.69 Å². The van der Waals surface area contributed by atoms with Crippen LogP contribution >= 0.6 is 0 Å². The number of carbonyl (C=O) groups is 4. The molecule has 1 aromatic rings. The number of carboxylic acid groups (broad SMARTS) is 1. The van der Waals surface area contributed by atoms with Gasteiger partial charge in [0.05, 0.1) is 0 Å². The Labute approximate surface area is 119 Å². The Morgan fingerprint density at radius 2 is 1.90 bits per heavy atom. The maximum atomic E-state index is 12.4. The average Bonchev–Trinajstić information content (AvgIpc) is 2.48. The zero-order valence-corrected chi connectivity index (χ0v) is 11.0. The lowest BCUT2D eigenvalue weighted by atomic mass is 10.3. The molecule has 8 heteroatoms. The smallest absolute Gasteiger partial charge is 0.332 e. The minimum Gasteiger partial charge on any atom is -0.480 e. The van der Waals surface area contributed by atoms with Gasteiger partial charge in [-0.15, -0.1) is 0 Å². The van der Waals surface area contributed by atoms with Crippen molar-refractivity contribution < 1.29 is 24.3 Å². The summed E-state index contributed by atoms with van der Waals surface area (Å²) < 4.78 is 0. The molecule has 0 radical (unpaired) electrons. The molecule has 0 aliphatic carbocycles. The van der Waals surface area contributed by atoms with E-state index < -0.39 is 30.4 Å². The summed E-state index contributed by atoms with van der Waals surface area (Å²) in [6.07, 6.45) is 0. The van der Waals surface area contributed by atoms with Gasteiger partial charge < -0.3 is 10.4 Å². The van der Waals surface area contributed by atoms with Gasteiger partial charge in [0.15, 0.2) is 0 Å². The van der Waals surface area contributed by atoms with E-state index in [1.54, 1.807) is 30.3 Å². The number of amides is 4. The van der Waals surface area contributed by atoms with Crippen LogP contribution in [0.1, 0.15) is 0 Å². The number of urea groups is 1. The molecule has 0 aromatic heterocycles. The monoisotopic (exact) mass is 291 g/mol. The highest BCUT2D eigenvalue weighted by Crippen LogP contribution is 2.16. The van der Waals surface area contributed by atoms with E-state index in [2.05, 4.69) is 5.32 Å². The van der Waals surface area contributed by atoms with E-state index in [9.17, 15) is 19.2 Å². The van der Waals surface area contributed by atoms with Crippen LogP contribution in [0.4, 0.5) is 10.5 Å². The normalized spacial score (nSPS) is 14.6. The number of aliphatic carboxylic acids is 1. The van der Waals surface area contributed by atoms with Crippen LogP contribution in [0.15, 0.2) is 30.3 Å². The molecule has 8 nitrogen and oxygen atoms in total. The second-order valence-corrected chi connectivity index (χ2v) is 4.31. The number of hydrogen-bond donors (Lipinski definition) is 2. The molecule has 0 spiro atoms. The first kappa shape index (κ1) is 14.5. The maximum absolute atomic E-state index is 12.4. The summed E-state index contributed by atoms with van der Waals surface area (Å²) in [7, 11) is 0. The van der Waals surface area contributed by atoms with Gasteiger partial charge in [-0.3, -0.25) is 24.2 Å². The quantitative estimate of drug-likeness (QED) is 0.741. The number of nitrogens with one attached hydrogen (secondary N) is 1. The van der Waals surface area contributed by atoms with E-state index in [1.165, 1.54) is 0 Å². The molecule has 0 atom stereocenters. The zero-order valence-electron chi connectivity index (χ0n) is 11.0. The minimum absolute atomic E-state index is 0.00631. The van der Waals surface area contributed by atoms with Crippen molar-refractivity contribution in [1.82, 2.24) is 10.2 Å². The molecule has 1 heterocycles. The number of piperazine rings is 1. The predicted molar refractivity (Wildman–Crippen MR) is 71.5 cm³/mol. The van der Waals surface area contributed by atoms with Crippen LogP contribution in [0.5, 0.6) is 0 Å². The number of imide groups is 1. The molecular formula is C13H13N3O5. The van der Waals surface area contributed by atoms with Gasteiger partial charge in [0.2, 0.25) is 0 Å². The summed E-state index contributed by atoms with van der Waals surface area (Å²) in [5.41, 5.74) is 0.337. The van der Waals surface area contributed by atoms with E-state index in [4.69, 9.17) is 5.11 Å². The van der Waals surface area contributed by atoms with Crippen LogP contribution in [0, 0.1) is 0 Å². The maximum Gasteiger partial charge on any atom is 0.332 e. The molecule has 110 valence electrons. The second-order valence-electron chi connectivity index (χ2n) is 4.31. The molecule has 1 fully saturated rings. The Hall–Kier alpha value is -2.90. The third-order valence-corrected chi connectivity index (χ3v) is 2.88. The van der Waals surface area contributed by atoms with Gasteiger partial charge in [-0.05, 0) is 12.1 Å². The molecular weight excluding hydrogens is 278 g/mol. The summed E-state index contributed by atoms with van der Waals surface area (Å²) in [5, 5.41) is 11.3. The zero-order chi connectivity index (χ0) is 15.4. The van der Waals surface area contributed by atoms with Crippen molar-refractivity contribution in [2.45, 2.75) is 0 Å². The molecule has 1 aromatic carbocycles. The van der Waals surface area contributed by atoms with Gasteiger partial charge in [0.1, 0.15) is 6.54 Å². The Morgan fingerprint density at radius 3 is 2.52 bits per heavy atom. The molecule has 2 N–H and O–H groups in total. The van der Waals surface area contributed by atoms with Crippen molar-refractivity contribution in [3.63, 3.8) is 0 Å². The van der Waals surface area contributed by atoms with Crippen molar-refractivity contribution in [3.8, 4) is 0 Å². The third kappa shape index (κ3) is 3.16. The Morgan fingerprint density at radius 1 is 1.24 bits per heavy atom. The number of rotatable bonds is 3. The predicted octanol–water partition coefficient (Wildman–Crippen LogP) is -0.344. The van der Waals surface area contributed by atoms with E-state index in [0.717, 1.165) is 9.80 Å². The van der Waals surface area contributed by atoms with Gasteiger partial charge in [0, 0.05) is 18.8 Å². The molecule has 2 rings (SSSR count). The molecule has 0 bridgehead atoms. The van der Waals surface area contributed by atoms with Crippen molar-refractivity contribution in [2.75, 3.05) is 24.5 Å². The highest BCUT2D eigenvalue weighted by molar-refractivity contribution is 6.38. The van der Waals surface area contributed by atoms with Crippen molar-refractivity contribution in [1.29, 1.82) is 0 Å². The standard InChI is InChI=1S/C13H13N3O5/c17-10(18)8-16(9-4-2-1-3-5-9)13(21)15-7-6-14-11(19)12(15)20/h1-5H,6-8H2,(H,14,19)(H,17,18). The fraction of sp³-hybridized carbons (Fsp3) is 0.231. The topological polar surface area (TPSA) is 107 Å². The Balaban J connectivity index is 2.28. The Kier molecular flexibility index (Phi) is 4.17. The number of nitrogens with zero attached hydrogens (tertiary/aromatic N) is 2. The number of hydrogen-bond acceptors (Lipinski definition) is 4. The fourth-order valence-corrected chi connectivity index (χ4v) is 1.92. The highest BCUT2D eigenvalue weighted by Gasteiger charge is 2.34. The van der Waals surface area contributed by atoms with E-state index in [-0.39, 0.29) is 13.1 Å². The molecule has 0 unspecified atom stereocenters. The minimum atomic E-state index is -1.22. The molecule has 0 saturated carbocycles. The number of carbonyl (C=O) groups excluding carboxylic acids is 3. The molecule has 21 heavy (non-hydrogen) atoms. The largest absolute Gasteiger partial charge is 0.480 e. The van der Waals surface area contributed by atoms with E-state index in [1.807, 2.05) is 0 Å². The number of anilines is 1. The second kappa shape index (κ2) is 6.04. The van der Waals surface area contributed by atoms with Gasteiger partial charge >= 0.3 is 23.8 Å². The highest BCUT2D eigenvalue weighted by atomic mass is 16.4. The third-order valence-electron chi connectivity index (χ3n) is 2.88. The van der Waals surface area contributed by atoms with Crippen molar-refractivity contribution in [3.05, 3.63) is 30.3 Å². The summed E-state index contributed by atoms with van der Waals surface area (Å²) >= 11 is 0. The first-order valence-corrected chi connectivity index (χ1v) is 6.18. The van der Waals surface area contributed by atoms with Crippen molar-refractivity contribution in [2.24, 2.45) is 0 Å². The van der Waals surface area contributed by atoms with Gasteiger partial charge in [-0.2, -0.15) is 0 Å².